The topological polar surface area (TPSA) is 92.3 Å². The van der Waals surface area contributed by atoms with Crippen LogP contribution in [0.1, 0.15) is 26.3 Å². The number of anilines is 1. The summed E-state index contributed by atoms with van der Waals surface area (Å²) in [5.41, 5.74) is 1.35. The highest BCUT2D eigenvalue weighted by molar-refractivity contribution is 9.10. The Morgan fingerprint density at radius 2 is 1.70 bits per heavy atom. The van der Waals surface area contributed by atoms with Gasteiger partial charge in [0, 0.05) is 23.6 Å². The van der Waals surface area contributed by atoms with Crippen molar-refractivity contribution in [3.8, 4) is 0 Å². The smallest absolute Gasteiger partial charge is 0.241 e. The van der Waals surface area contributed by atoms with Gasteiger partial charge in [-0.25, -0.2) is 8.42 Å². The monoisotopic (exact) mass is 452 g/mol. The zero-order chi connectivity index (χ0) is 20.2. The zero-order valence-corrected chi connectivity index (χ0v) is 17.6. The summed E-state index contributed by atoms with van der Waals surface area (Å²) in [6.07, 6.45) is 0. The highest BCUT2D eigenvalue weighted by Gasteiger charge is 2.42. The molecule has 0 aliphatic rings. The van der Waals surface area contributed by atoms with E-state index in [1.165, 1.54) is 32.9 Å². The molecule has 2 aromatic carbocycles. The van der Waals surface area contributed by atoms with Crippen molar-refractivity contribution in [3.63, 3.8) is 0 Å². The first-order valence-corrected chi connectivity index (χ1v) is 10.5. The second-order valence-electron chi connectivity index (χ2n) is 6.53. The van der Waals surface area contributed by atoms with Gasteiger partial charge in [-0.2, -0.15) is 0 Å². The molecule has 2 N–H and O–H groups in total. The van der Waals surface area contributed by atoms with Gasteiger partial charge in [0.2, 0.25) is 11.8 Å². The molecule has 0 radical (unpaired) electrons. The van der Waals surface area contributed by atoms with Gasteiger partial charge in [-0.05, 0) is 55.8 Å². The van der Waals surface area contributed by atoms with Crippen molar-refractivity contribution in [2.24, 2.45) is 0 Å². The van der Waals surface area contributed by atoms with Gasteiger partial charge in [-0.3, -0.25) is 9.59 Å². The number of amides is 2. The molecule has 0 bridgehead atoms. The average molecular weight is 453 g/mol. The predicted molar refractivity (Wildman–Crippen MR) is 108 cm³/mol. The molecule has 0 aliphatic carbocycles. The lowest BCUT2D eigenvalue weighted by Gasteiger charge is -2.24. The van der Waals surface area contributed by atoms with E-state index in [1.807, 2.05) is 0 Å². The van der Waals surface area contributed by atoms with Crippen LogP contribution in [0.2, 0.25) is 0 Å². The van der Waals surface area contributed by atoms with E-state index in [0.29, 0.717) is 5.69 Å². The van der Waals surface area contributed by atoms with E-state index in [9.17, 15) is 18.0 Å². The van der Waals surface area contributed by atoms with E-state index in [0.717, 1.165) is 10.0 Å². The molecule has 0 atom stereocenters. The first kappa shape index (κ1) is 21.1. The van der Waals surface area contributed by atoms with Gasteiger partial charge in [0.15, 0.2) is 9.84 Å². The Bertz CT molecular complexity index is 954. The highest BCUT2D eigenvalue weighted by atomic mass is 79.9. The molecular formula is C19H21BrN2O4S. The first-order chi connectivity index (χ1) is 12.5. The standard InChI is InChI=1S/C19H21BrN2O4S/c1-13(23)22-16-6-4-5-14(11-16)12-21-18(24)19(2,3)27(25,26)17-9-7-15(20)8-10-17/h4-11H,12H2,1-3H3,(H,21,24)(H,22,23). The average Bonchev–Trinajstić information content (AvgIpc) is 2.59. The van der Waals surface area contributed by atoms with Crippen LogP contribution in [0.25, 0.3) is 0 Å². The van der Waals surface area contributed by atoms with E-state index in [1.54, 1.807) is 36.4 Å². The van der Waals surface area contributed by atoms with Crippen molar-refractivity contribution in [1.29, 1.82) is 0 Å². The third-order valence-corrected chi connectivity index (χ3v) is 6.99. The van der Waals surface area contributed by atoms with Gasteiger partial charge < -0.3 is 10.6 Å². The second-order valence-corrected chi connectivity index (χ2v) is 9.95. The molecule has 0 saturated heterocycles. The maximum Gasteiger partial charge on any atom is 0.241 e. The van der Waals surface area contributed by atoms with Crippen LogP contribution >= 0.6 is 15.9 Å². The van der Waals surface area contributed by atoms with Gasteiger partial charge in [-0.1, -0.05) is 28.1 Å². The lowest BCUT2D eigenvalue weighted by Crippen LogP contribution is -2.47. The Hall–Kier alpha value is -2.19. The molecule has 6 nitrogen and oxygen atoms in total. The molecule has 2 amide bonds. The SMILES string of the molecule is CC(=O)Nc1cccc(CNC(=O)C(C)(C)S(=O)(=O)c2ccc(Br)cc2)c1. The Labute approximate surface area is 167 Å². The number of carbonyl (C=O) groups excluding carboxylic acids is 2. The molecule has 2 rings (SSSR count). The second kappa shape index (κ2) is 8.22. The van der Waals surface area contributed by atoms with Crippen molar-refractivity contribution in [3.05, 3.63) is 58.6 Å². The maximum absolute atomic E-state index is 12.9. The summed E-state index contributed by atoms with van der Waals surface area (Å²) in [5, 5.41) is 5.33. The molecule has 27 heavy (non-hydrogen) atoms. The number of sulfone groups is 1. The minimum Gasteiger partial charge on any atom is -0.351 e. The van der Waals surface area contributed by atoms with Crippen LogP contribution in [0.5, 0.6) is 0 Å². The quantitative estimate of drug-likeness (QED) is 0.702. The molecule has 2 aromatic rings. The van der Waals surface area contributed by atoms with Crippen LogP contribution in [0.3, 0.4) is 0 Å². The molecule has 0 aromatic heterocycles. The fraction of sp³-hybridized carbons (Fsp3) is 0.263. The lowest BCUT2D eigenvalue weighted by molar-refractivity contribution is -0.123. The van der Waals surface area contributed by atoms with Crippen LogP contribution in [-0.2, 0) is 26.0 Å². The molecule has 0 unspecified atom stereocenters. The molecule has 0 fully saturated rings. The Kier molecular flexibility index (Phi) is 6.43. The fourth-order valence-corrected chi connectivity index (χ4v) is 4.05. The molecule has 8 heteroatoms. The van der Waals surface area contributed by atoms with Crippen molar-refractivity contribution in [2.75, 3.05) is 5.32 Å². The highest BCUT2D eigenvalue weighted by Crippen LogP contribution is 2.27. The Balaban J connectivity index is 2.14. The maximum atomic E-state index is 12.9. The minimum atomic E-state index is -3.87. The molecule has 0 saturated carbocycles. The van der Waals surface area contributed by atoms with Crippen molar-refractivity contribution < 1.29 is 18.0 Å². The zero-order valence-electron chi connectivity index (χ0n) is 15.2. The van der Waals surface area contributed by atoms with Crippen molar-refractivity contribution >= 4 is 43.3 Å². The largest absolute Gasteiger partial charge is 0.351 e. The predicted octanol–water partition coefficient (Wildman–Crippen LogP) is 3.28. The van der Waals surface area contributed by atoms with Crippen molar-refractivity contribution in [2.45, 2.75) is 37.0 Å². The van der Waals surface area contributed by atoms with Gasteiger partial charge >= 0.3 is 0 Å². The number of hydrogen-bond acceptors (Lipinski definition) is 4. The third-order valence-electron chi connectivity index (χ3n) is 4.04. The van der Waals surface area contributed by atoms with Gasteiger partial charge in [-0.15, -0.1) is 0 Å². The number of benzene rings is 2. The van der Waals surface area contributed by atoms with Crippen LogP contribution < -0.4 is 10.6 Å². The third kappa shape index (κ3) is 4.95. The van der Waals surface area contributed by atoms with E-state index in [2.05, 4.69) is 26.6 Å². The number of carbonyl (C=O) groups is 2. The Morgan fingerprint density at radius 1 is 1.07 bits per heavy atom. The number of halogens is 1. The van der Waals surface area contributed by atoms with Crippen LogP contribution in [0, 0.1) is 0 Å². The molecule has 0 aliphatic heterocycles. The van der Waals surface area contributed by atoms with Crippen LogP contribution in [0.15, 0.2) is 57.9 Å². The van der Waals surface area contributed by atoms with E-state index < -0.39 is 20.5 Å². The van der Waals surface area contributed by atoms with Crippen molar-refractivity contribution in [1.82, 2.24) is 5.32 Å². The Morgan fingerprint density at radius 3 is 2.30 bits per heavy atom. The molecular weight excluding hydrogens is 432 g/mol. The fourth-order valence-electron chi connectivity index (χ4n) is 2.39. The van der Waals surface area contributed by atoms with Gasteiger partial charge in [0.05, 0.1) is 4.90 Å². The lowest BCUT2D eigenvalue weighted by atomic mass is 10.1. The summed E-state index contributed by atoms with van der Waals surface area (Å²) in [5.74, 6) is -0.798. The summed E-state index contributed by atoms with van der Waals surface area (Å²) in [7, 11) is -3.87. The summed E-state index contributed by atoms with van der Waals surface area (Å²) in [6.45, 7) is 4.32. The summed E-state index contributed by atoms with van der Waals surface area (Å²) in [6, 6.07) is 13.1. The number of rotatable bonds is 6. The molecule has 144 valence electrons. The van der Waals surface area contributed by atoms with E-state index >= 15 is 0 Å². The number of hydrogen-bond donors (Lipinski definition) is 2. The normalized spacial score (nSPS) is 11.7. The van der Waals surface area contributed by atoms with E-state index in [-0.39, 0.29) is 17.3 Å². The van der Waals surface area contributed by atoms with Crippen LogP contribution in [-0.4, -0.2) is 25.0 Å². The summed E-state index contributed by atoms with van der Waals surface area (Å²) < 4.78 is 24.8. The first-order valence-electron chi connectivity index (χ1n) is 8.19. The summed E-state index contributed by atoms with van der Waals surface area (Å²) in [4.78, 5) is 23.8. The number of nitrogens with one attached hydrogen (secondary N) is 2. The van der Waals surface area contributed by atoms with E-state index in [4.69, 9.17) is 0 Å². The molecule has 0 heterocycles. The van der Waals surface area contributed by atoms with Crippen LogP contribution in [0.4, 0.5) is 5.69 Å². The molecule has 0 spiro atoms. The summed E-state index contributed by atoms with van der Waals surface area (Å²) >= 11 is 3.26. The minimum absolute atomic E-state index is 0.0819. The van der Waals surface area contributed by atoms with Gasteiger partial charge in [0.25, 0.3) is 0 Å². The van der Waals surface area contributed by atoms with Gasteiger partial charge in [0.1, 0.15) is 4.75 Å².